The molecule has 2 heterocycles. The molecular weight excluding hydrogens is 126 g/mol. The Kier molecular flexibility index (Phi) is 1.31. The number of piperidine rings is 1. The van der Waals surface area contributed by atoms with Crippen LogP contribution in [0.3, 0.4) is 0 Å². The maximum Gasteiger partial charge on any atom is 0.155 e. The molecule has 0 aliphatic carbocycles. The lowest BCUT2D eigenvalue weighted by molar-refractivity contribution is -0.585. The van der Waals surface area contributed by atoms with Gasteiger partial charge in [0.25, 0.3) is 0 Å². The fraction of sp³-hybridized carbons (Fsp3) is 0.875. The van der Waals surface area contributed by atoms with E-state index in [0.717, 1.165) is 12.8 Å². The third kappa shape index (κ3) is 0.788. The number of rotatable bonds is 0. The van der Waals surface area contributed by atoms with Crippen LogP contribution in [0.15, 0.2) is 0 Å². The quantitative estimate of drug-likeness (QED) is 0.483. The highest BCUT2D eigenvalue weighted by Gasteiger charge is 2.42. The number of aliphatic hydroxyl groups excluding tert-OH is 1. The van der Waals surface area contributed by atoms with Crippen molar-refractivity contribution >= 4 is 6.72 Å². The van der Waals surface area contributed by atoms with Gasteiger partial charge in [-0.05, 0) is 0 Å². The van der Waals surface area contributed by atoms with Crippen LogP contribution in [-0.4, -0.2) is 34.6 Å². The predicted molar refractivity (Wildman–Crippen MR) is 39.4 cm³/mol. The van der Waals surface area contributed by atoms with Crippen LogP contribution in [0.1, 0.15) is 25.7 Å². The molecule has 0 unspecified atom stereocenters. The van der Waals surface area contributed by atoms with E-state index in [1.807, 2.05) is 0 Å². The van der Waals surface area contributed by atoms with Crippen LogP contribution in [0.5, 0.6) is 0 Å². The Labute approximate surface area is 61.2 Å². The van der Waals surface area contributed by atoms with Crippen molar-refractivity contribution in [2.24, 2.45) is 0 Å². The van der Waals surface area contributed by atoms with Gasteiger partial charge in [0.1, 0.15) is 6.72 Å². The first-order valence-corrected chi connectivity index (χ1v) is 4.04. The number of hydrogen-bond acceptors (Lipinski definition) is 1. The Morgan fingerprint density at radius 1 is 1.20 bits per heavy atom. The maximum absolute atomic E-state index is 9.35. The van der Waals surface area contributed by atoms with Crippen molar-refractivity contribution in [3.05, 3.63) is 0 Å². The molecule has 2 aliphatic heterocycles. The van der Waals surface area contributed by atoms with Crippen LogP contribution in [0.2, 0.25) is 0 Å². The molecule has 2 nitrogen and oxygen atoms in total. The monoisotopic (exact) mass is 140 g/mol. The summed E-state index contributed by atoms with van der Waals surface area (Å²) in [5, 5.41) is 9.35. The molecule has 0 aromatic heterocycles. The fourth-order valence-electron chi connectivity index (χ4n) is 2.25. The molecule has 0 aromatic rings. The Morgan fingerprint density at radius 3 is 2.20 bits per heavy atom. The van der Waals surface area contributed by atoms with E-state index in [-0.39, 0.29) is 6.10 Å². The first-order chi connectivity index (χ1) is 4.77. The second-order valence-electron chi connectivity index (χ2n) is 3.52. The summed E-state index contributed by atoms with van der Waals surface area (Å²) in [4.78, 5) is 0. The van der Waals surface area contributed by atoms with Crippen molar-refractivity contribution < 1.29 is 9.68 Å². The number of fused-ring (bicyclic) bond motifs is 2. The van der Waals surface area contributed by atoms with Gasteiger partial charge in [0, 0.05) is 25.7 Å². The molecule has 1 N–H and O–H groups in total. The molecular formula is C8H14NO+. The Bertz CT molecular complexity index is 151. The van der Waals surface area contributed by atoms with Gasteiger partial charge in [0.2, 0.25) is 0 Å². The van der Waals surface area contributed by atoms with Gasteiger partial charge in [-0.2, -0.15) is 0 Å². The van der Waals surface area contributed by atoms with Crippen molar-refractivity contribution in [3.63, 3.8) is 0 Å². The molecule has 10 heavy (non-hydrogen) atoms. The summed E-state index contributed by atoms with van der Waals surface area (Å²) in [5.74, 6) is 0. The van der Waals surface area contributed by atoms with Crippen molar-refractivity contribution in [1.29, 1.82) is 0 Å². The fourth-order valence-corrected chi connectivity index (χ4v) is 2.25. The number of nitrogens with zero attached hydrogens (tertiary/aromatic N) is 1. The standard InChI is InChI=1S/C8H14NO/c1-9-6-2-3-7(9)5-8(10)4-6/h6-8,10H,1-5H2/q+1/t6-,7+,8+. The molecule has 0 saturated carbocycles. The van der Waals surface area contributed by atoms with Crippen LogP contribution < -0.4 is 0 Å². The van der Waals surface area contributed by atoms with E-state index in [2.05, 4.69) is 11.3 Å². The zero-order valence-electron chi connectivity index (χ0n) is 6.16. The minimum Gasteiger partial charge on any atom is -0.393 e. The molecule has 3 atom stereocenters. The highest BCUT2D eigenvalue weighted by atomic mass is 16.3. The molecule has 0 aromatic carbocycles. The lowest BCUT2D eigenvalue weighted by atomic mass is 10.0. The molecule has 2 fully saturated rings. The highest BCUT2D eigenvalue weighted by molar-refractivity contribution is 5.16. The van der Waals surface area contributed by atoms with Crippen molar-refractivity contribution in [3.8, 4) is 0 Å². The van der Waals surface area contributed by atoms with Crippen LogP contribution in [0.4, 0.5) is 0 Å². The molecule has 2 saturated heterocycles. The largest absolute Gasteiger partial charge is 0.393 e. The van der Waals surface area contributed by atoms with Gasteiger partial charge in [-0.1, -0.05) is 0 Å². The number of aliphatic hydroxyl groups is 1. The first-order valence-electron chi connectivity index (χ1n) is 4.04. The topological polar surface area (TPSA) is 23.2 Å². The third-order valence-corrected chi connectivity index (χ3v) is 2.86. The molecule has 0 amide bonds. The van der Waals surface area contributed by atoms with Gasteiger partial charge >= 0.3 is 0 Å². The van der Waals surface area contributed by atoms with Gasteiger partial charge < -0.3 is 5.11 Å². The van der Waals surface area contributed by atoms with Crippen LogP contribution >= 0.6 is 0 Å². The minimum atomic E-state index is -0.0458. The SMILES string of the molecule is C=[N+]1[C@@H]2CC[C@H]1C[C@@H](O)C2. The van der Waals surface area contributed by atoms with E-state index in [1.54, 1.807) is 0 Å². The molecule has 2 bridgehead atoms. The number of hydrogen-bond donors (Lipinski definition) is 1. The van der Waals surface area contributed by atoms with Gasteiger partial charge in [-0.3, -0.25) is 0 Å². The zero-order valence-corrected chi connectivity index (χ0v) is 6.16. The summed E-state index contributed by atoms with van der Waals surface area (Å²) in [7, 11) is 0. The maximum atomic E-state index is 9.35. The van der Waals surface area contributed by atoms with E-state index >= 15 is 0 Å². The van der Waals surface area contributed by atoms with E-state index in [1.165, 1.54) is 12.8 Å². The van der Waals surface area contributed by atoms with E-state index < -0.39 is 0 Å². The second-order valence-corrected chi connectivity index (χ2v) is 3.52. The van der Waals surface area contributed by atoms with Crippen LogP contribution in [0, 0.1) is 0 Å². The van der Waals surface area contributed by atoms with Crippen molar-refractivity contribution in [2.45, 2.75) is 43.9 Å². The first kappa shape index (κ1) is 6.35. The molecule has 2 rings (SSSR count). The average Bonchev–Trinajstić information content (AvgIpc) is 2.20. The smallest absolute Gasteiger partial charge is 0.155 e. The Morgan fingerprint density at radius 2 is 1.70 bits per heavy atom. The summed E-state index contributed by atoms with van der Waals surface area (Å²) in [6, 6.07) is 1.16. The molecule has 2 aliphatic rings. The highest BCUT2D eigenvalue weighted by Crippen LogP contribution is 2.31. The summed E-state index contributed by atoms with van der Waals surface area (Å²) in [6.45, 7) is 3.98. The molecule has 2 heteroatoms. The van der Waals surface area contributed by atoms with E-state index in [9.17, 15) is 5.11 Å². The Balaban J connectivity index is 2.16. The molecule has 0 radical (unpaired) electrons. The predicted octanol–water partition coefficient (Wildman–Crippen LogP) is 0.385. The lowest BCUT2D eigenvalue weighted by Gasteiger charge is -2.21. The lowest BCUT2D eigenvalue weighted by Crippen LogP contribution is -2.37. The Hall–Kier alpha value is -0.370. The van der Waals surface area contributed by atoms with Crippen molar-refractivity contribution in [1.82, 2.24) is 0 Å². The van der Waals surface area contributed by atoms with Crippen LogP contribution in [0.25, 0.3) is 0 Å². The van der Waals surface area contributed by atoms with Gasteiger partial charge in [0.05, 0.1) is 6.10 Å². The van der Waals surface area contributed by atoms with E-state index in [4.69, 9.17) is 0 Å². The van der Waals surface area contributed by atoms with Gasteiger partial charge in [0.15, 0.2) is 12.1 Å². The third-order valence-electron chi connectivity index (χ3n) is 2.86. The van der Waals surface area contributed by atoms with Gasteiger partial charge in [-0.25, -0.2) is 4.58 Å². The second kappa shape index (κ2) is 2.06. The summed E-state index contributed by atoms with van der Waals surface area (Å²) < 4.78 is 2.19. The molecule has 0 spiro atoms. The van der Waals surface area contributed by atoms with Gasteiger partial charge in [-0.15, -0.1) is 0 Å². The minimum absolute atomic E-state index is 0.0458. The van der Waals surface area contributed by atoms with Crippen LogP contribution in [-0.2, 0) is 0 Å². The average molecular weight is 140 g/mol. The molecule has 56 valence electrons. The summed E-state index contributed by atoms with van der Waals surface area (Å²) in [6.07, 6.45) is 4.33. The zero-order chi connectivity index (χ0) is 7.14. The van der Waals surface area contributed by atoms with Crippen molar-refractivity contribution in [2.75, 3.05) is 0 Å². The van der Waals surface area contributed by atoms with E-state index in [0.29, 0.717) is 12.1 Å². The summed E-state index contributed by atoms with van der Waals surface area (Å²) >= 11 is 0. The normalized spacial score (nSPS) is 46.1. The summed E-state index contributed by atoms with van der Waals surface area (Å²) in [5.41, 5.74) is 0.